The highest BCUT2D eigenvalue weighted by atomic mass is 32.2. The molecule has 26 heavy (non-hydrogen) atoms. The van der Waals surface area contributed by atoms with Gasteiger partial charge >= 0.3 is 0 Å². The molecule has 0 aliphatic heterocycles. The Morgan fingerprint density at radius 1 is 1.23 bits per heavy atom. The molecule has 0 aliphatic carbocycles. The van der Waals surface area contributed by atoms with Crippen LogP contribution < -0.4 is 15.4 Å². The zero-order valence-corrected chi connectivity index (χ0v) is 16.9. The molecule has 0 saturated heterocycles. The first-order valence-corrected chi connectivity index (χ1v) is 9.39. The maximum atomic E-state index is 5.78. The highest BCUT2D eigenvalue weighted by Gasteiger charge is 2.14. The Bertz CT molecular complexity index is 744. The van der Waals surface area contributed by atoms with Gasteiger partial charge in [0.2, 0.25) is 0 Å². The Balaban J connectivity index is 2.29. The quantitative estimate of drug-likeness (QED) is 0.389. The van der Waals surface area contributed by atoms with Crippen molar-refractivity contribution in [1.82, 2.24) is 0 Å². The number of hydrogen-bond acceptors (Lipinski definition) is 6. The zero-order chi connectivity index (χ0) is 19.2. The molecule has 0 atom stereocenters. The number of nitrogens with zero attached hydrogens (tertiary/aromatic N) is 2. The van der Waals surface area contributed by atoms with Crippen molar-refractivity contribution in [3.63, 3.8) is 0 Å². The molecule has 6 heteroatoms. The van der Waals surface area contributed by atoms with Crippen LogP contribution in [-0.2, 0) is 4.74 Å². The fourth-order valence-electron chi connectivity index (χ4n) is 2.23. The smallest absolute Gasteiger partial charge is 0.0972 e. The molecule has 0 amide bonds. The number of nitrogen functional groups attached to an aromatic ring is 1. The maximum Gasteiger partial charge on any atom is 0.0972 e. The van der Waals surface area contributed by atoms with Gasteiger partial charge in [-0.2, -0.15) is 0 Å². The molecule has 0 unspecified atom stereocenters. The predicted molar refractivity (Wildman–Crippen MR) is 115 cm³/mol. The molecule has 0 heterocycles. The molecule has 2 aromatic carbocycles. The summed E-state index contributed by atoms with van der Waals surface area (Å²) >= 11 is 1.68. The molecule has 0 aliphatic rings. The summed E-state index contributed by atoms with van der Waals surface area (Å²) in [4.78, 5) is 5.79. The first kappa shape index (κ1) is 20.1. The topological polar surface area (TPSA) is 62.9 Å². The van der Waals surface area contributed by atoms with Gasteiger partial charge in [0.1, 0.15) is 0 Å². The number of rotatable bonds is 8. The van der Waals surface area contributed by atoms with Gasteiger partial charge in [-0.3, -0.25) is 4.99 Å². The first-order valence-electron chi connectivity index (χ1n) is 8.61. The van der Waals surface area contributed by atoms with E-state index >= 15 is 0 Å². The lowest BCUT2D eigenvalue weighted by Crippen LogP contribution is -2.23. The van der Waals surface area contributed by atoms with Gasteiger partial charge in [-0.25, -0.2) is 0 Å². The van der Waals surface area contributed by atoms with E-state index in [0.29, 0.717) is 0 Å². The summed E-state index contributed by atoms with van der Waals surface area (Å²) in [6.45, 7) is 6.96. The van der Waals surface area contributed by atoms with Crippen LogP contribution >= 0.6 is 11.9 Å². The molecule has 140 valence electrons. The monoisotopic (exact) mass is 372 g/mol. The fraction of sp³-hybridized carbons (Fsp3) is 0.350. The SMILES string of the molecule is CCN(Sc1ccc(N)cc1)c1ccc(NC)c(N=CC(C)(C)OC)c1. The highest BCUT2D eigenvalue weighted by Crippen LogP contribution is 2.35. The minimum atomic E-state index is -0.413. The van der Waals surface area contributed by atoms with Gasteiger partial charge in [0.15, 0.2) is 0 Å². The van der Waals surface area contributed by atoms with Crippen molar-refractivity contribution in [2.75, 3.05) is 36.1 Å². The largest absolute Gasteiger partial charge is 0.399 e. The lowest BCUT2D eigenvalue weighted by molar-refractivity contribution is 0.0872. The molecule has 0 saturated carbocycles. The molecule has 5 nitrogen and oxygen atoms in total. The van der Waals surface area contributed by atoms with E-state index < -0.39 is 5.60 Å². The van der Waals surface area contributed by atoms with E-state index in [1.54, 1.807) is 19.1 Å². The number of ether oxygens (including phenoxy) is 1. The fourth-order valence-corrected chi connectivity index (χ4v) is 3.09. The molecule has 0 fully saturated rings. The molecule has 0 radical (unpaired) electrons. The number of anilines is 3. The van der Waals surface area contributed by atoms with E-state index in [0.717, 1.165) is 34.2 Å². The Morgan fingerprint density at radius 2 is 1.92 bits per heavy atom. The van der Waals surface area contributed by atoms with Gasteiger partial charge in [-0.1, -0.05) is 0 Å². The van der Waals surface area contributed by atoms with Gasteiger partial charge in [-0.15, -0.1) is 0 Å². The van der Waals surface area contributed by atoms with Crippen molar-refractivity contribution in [2.24, 2.45) is 4.99 Å². The number of hydrogen-bond donors (Lipinski definition) is 2. The van der Waals surface area contributed by atoms with Crippen LogP contribution in [0, 0.1) is 0 Å². The van der Waals surface area contributed by atoms with Crippen LogP contribution in [0.3, 0.4) is 0 Å². The lowest BCUT2D eigenvalue weighted by Gasteiger charge is -2.23. The molecular formula is C20H28N4OS. The van der Waals surface area contributed by atoms with Crippen LogP contribution in [-0.4, -0.2) is 32.5 Å². The van der Waals surface area contributed by atoms with Crippen LogP contribution in [0.1, 0.15) is 20.8 Å². The standard InChI is InChI=1S/C20H28N4OS/c1-6-24(26-17-10-7-15(21)8-11-17)16-9-12-18(22-4)19(13-16)23-14-20(2,3)25-5/h7-14,22H,6,21H2,1-5H3. The van der Waals surface area contributed by atoms with E-state index in [2.05, 4.69) is 33.7 Å². The van der Waals surface area contributed by atoms with Crippen molar-refractivity contribution in [2.45, 2.75) is 31.3 Å². The normalized spacial score (nSPS) is 11.7. The van der Waals surface area contributed by atoms with Gasteiger partial charge < -0.3 is 20.1 Å². The molecule has 0 aromatic heterocycles. The first-order chi connectivity index (χ1) is 12.4. The van der Waals surface area contributed by atoms with E-state index in [9.17, 15) is 0 Å². The Morgan fingerprint density at radius 3 is 2.50 bits per heavy atom. The Kier molecular flexibility index (Phi) is 6.94. The zero-order valence-electron chi connectivity index (χ0n) is 16.1. The third kappa shape index (κ3) is 5.41. The summed E-state index contributed by atoms with van der Waals surface area (Å²) in [5.41, 5.74) is 9.09. The lowest BCUT2D eigenvalue weighted by atomic mass is 10.1. The van der Waals surface area contributed by atoms with Crippen molar-refractivity contribution in [3.05, 3.63) is 42.5 Å². The molecule has 0 bridgehead atoms. The second-order valence-corrected chi connectivity index (χ2v) is 7.47. The summed E-state index contributed by atoms with van der Waals surface area (Å²) in [6.07, 6.45) is 1.83. The number of nitrogens with one attached hydrogen (secondary N) is 1. The average molecular weight is 373 g/mol. The number of aliphatic imine (C=N–C) groups is 1. The molecule has 0 spiro atoms. The van der Waals surface area contributed by atoms with Gasteiger partial charge in [0.05, 0.1) is 17.0 Å². The van der Waals surface area contributed by atoms with E-state index in [-0.39, 0.29) is 0 Å². The highest BCUT2D eigenvalue weighted by molar-refractivity contribution is 8.00. The van der Waals surface area contributed by atoms with Gasteiger partial charge in [0, 0.05) is 43.2 Å². The number of methoxy groups -OCH3 is 1. The molecule has 2 rings (SSSR count). The predicted octanol–water partition coefficient (Wildman–Crippen LogP) is 4.97. The minimum absolute atomic E-state index is 0.413. The van der Waals surface area contributed by atoms with Crippen molar-refractivity contribution in [3.8, 4) is 0 Å². The summed E-state index contributed by atoms with van der Waals surface area (Å²) in [7, 11) is 3.58. The van der Waals surface area contributed by atoms with E-state index in [4.69, 9.17) is 10.5 Å². The summed E-state index contributed by atoms with van der Waals surface area (Å²) in [6, 6.07) is 14.1. The third-order valence-electron chi connectivity index (χ3n) is 3.96. The minimum Gasteiger partial charge on any atom is -0.399 e. The molecular weight excluding hydrogens is 344 g/mol. The average Bonchev–Trinajstić information content (AvgIpc) is 2.65. The van der Waals surface area contributed by atoms with Crippen LogP contribution in [0.5, 0.6) is 0 Å². The van der Waals surface area contributed by atoms with Crippen LogP contribution in [0.25, 0.3) is 0 Å². The molecule has 3 N–H and O–H groups in total. The second-order valence-electron chi connectivity index (χ2n) is 6.37. The van der Waals surface area contributed by atoms with Crippen LogP contribution in [0.2, 0.25) is 0 Å². The Labute approximate surface area is 160 Å². The third-order valence-corrected chi connectivity index (χ3v) is 5.13. The van der Waals surface area contributed by atoms with Crippen molar-refractivity contribution >= 4 is 40.9 Å². The maximum absolute atomic E-state index is 5.78. The van der Waals surface area contributed by atoms with Crippen molar-refractivity contribution in [1.29, 1.82) is 0 Å². The van der Waals surface area contributed by atoms with E-state index in [1.165, 1.54) is 0 Å². The molecule has 2 aromatic rings. The second kappa shape index (κ2) is 8.96. The van der Waals surface area contributed by atoms with Gasteiger partial charge in [0.25, 0.3) is 0 Å². The van der Waals surface area contributed by atoms with Crippen LogP contribution in [0.4, 0.5) is 22.7 Å². The number of nitrogens with two attached hydrogens (primary N) is 1. The number of benzene rings is 2. The van der Waals surface area contributed by atoms with Crippen molar-refractivity contribution < 1.29 is 4.74 Å². The van der Waals surface area contributed by atoms with Crippen LogP contribution in [0.15, 0.2) is 52.4 Å². The summed E-state index contributed by atoms with van der Waals surface area (Å²) < 4.78 is 7.65. The van der Waals surface area contributed by atoms with Gasteiger partial charge in [-0.05, 0) is 75.2 Å². The Hall–Kier alpha value is -2.18. The summed E-state index contributed by atoms with van der Waals surface area (Å²) in [5.74, 6) is 0. The van der Waals surface area contributed by atoms with E-state index in [1.807, 2.05) is 57.4 Å². The summed E-state index contributed by atoms with van der Waals surface area (Å²) in [5, 5.41) is 3.20.